The van der Waals surface area contributed by atoms with Crippen molar-refractivity contribution in [3.8, 4) is 11.1 Å². The van der Waals surface area contributed by atoms with Crippen molar-refractivity contribution in [2.45, 2.75) is 96.1 Å². The Morgan fingerprint density at radius 1 is 0.849 bits per heavy atom. The molecule has 11 heteroatoms. The molecule has 0 aromatic heterocycles. The van der Waals surface area contributed by atoms with Crippen molar-refractivity contribution in [2.75, 3.05) is 13.2 Å². The Labute approximate surface area is 311 Å². The summed E-state index contributed by atoms with van der Waals surface area (Å²) in [6, 6.07) is 24.8. The van der Waals surface area contributed by atoms with Crippen LogP contribution in [0.5, 0.6) is 0 Å². The minimum Gasteiger partial charge on any atom is -0.481 e. The predicted octanol–water partition coefficient (Wildman–Crippen LogP) is 7.58. The highest BCUT2D eigenvalue weighted by atomic mass is 16.6. The third-order valence-electron chi connectivity index (χ3n) is 9.87. The van der Waals surface area contributed by atoms with Gasteiger partial charge >= 0.3 is 24.1 Å². The largest absolute Gasteiger partial charge is 0.481 e. The minimum atomic E-state index is -0.913. The molecule has 2 aliphatic rings. The number of carbonyl (C=O) groups is 4. The number of carboxylic acids is 1. The van der Waals surface area contributed by atoms with E-state index in [9.17, 15) is 24.3 Å². The summed E-state index contributed by atoms with van der Waals surface area (Å²) in [6.07, 6.45) is 4.41. The summed E-state index contributed by atoms with van der Waals surface area (Å²) in [5, 5.41) is 19.5. The number of hydrogen-bond donors (Lipinski definition) is 4. The Morgan fingerprint density at radius 2 is 1.47 bits per heavy atom. The van der Waals surface area contributed by atoms with Gasteiger partial charge in [0.1, 0.15) is 12.2 Å². The van der Waals surface area contributed by atoms with Gasteiger partial charge in [0, 0.05) is 12.5 Å². The van der Waals surface area contributed by atoms with Crippen LogP contribution in [0.1, 0.15) is 94.7 Å². The quantitative estimate of drug-likeness (QED) is 0.0545. The molecule has 3 amide bonds. The van der Waals surface area contributed by atoms with Crippen molar-refractivity contribution in [3.63, 3.8) is 0 Å². The molecule has 282 valence electrons. The molecule has 11 nitrogen and oxygen atoms in total. The van der Waals surface area contributed by atoms with Crippen LogP contribution in [0.15, 0.2) is 84.0 Å². The van der Waals surface area contributed by atoms with Crippen LogP contribution in [0.25, 0.3) is 11.1 Å². The summed E-state index contributed by atoms with van der Waals surface area (Å²) < 4.78 is 11.5. The van der Waals surface area contributed by atoms with E-state index in [1.807, 2.05) is 54.6 Å². The number of carbonyl (C=O) groups excluding carboxylic acids is 3. The number of hydrogen-bond acceptors (Lipinski definition) is 7. The second kappa shape index (κ2) is 18.5. The number of fused-ring (bicyclic) bond motifs is 3. The molecule has 0 aliphatic heterocycles. The molecule has 3 aromatic carbocycles. The molecule has 1 fully saturated rings. The molecule has 1 saturated carbocycles. The van der Waals surface area contributed by atoms with E-state index in [1.165, 1.54) is 5.56 Å². The van der Waals surface area contributed by atoms with Crippen LogP contribution < -0.4 is 16.1 Å². The molecule has 0 saturated heterocycles. The van der Waals surface area contributed by atoms with E-state index in [4.69, 9.17) is 9.47 Å². The summed E-state index contributed by atoms with van der Waals surface area (Å²) in [5.41, 5.74) is 7.83. The van der Waals surface area contributed by atoms with Crippen molar-refractivity contribution in [3.05, 3.63) is 95.6 Å². The molecule has 4 N–H and O–H groups in total. The Balaban J connectivity index is 1.28. The van der Waals surface area contributed by atoms with Gasteiger partial charge in [-0.2, -0.15) is 5.10 Å². The zero-order valence-corrected chi connectivity index (χ0v) is 30.9. The van der Waals surface area contributed by atoms with Crippen molar-refractivity contribution in [1.82, 2.24) is 16.1 Å². The van der Waals surface area contributed by atoms with E-state index in [0.717, 1.165) is 47.9 Å². The first-order chi connectivity index (χ1) is 25.5. The monoisotopic (exact) mass is 724 g/mol. The molecule has 53 heavy (non-hydrogen) atoms. The summed E-state index contributed by atoms with van der Waals surface area (Å²) in [4.78, 5) is 51.0. The van der Waals surface area contributed by atoms with Crippen molar-refractivity contribution < 1.29 is 33.8 Å². The van der Waals surface area contributed by atoms with E-state index in [2.05, 4.69) is 45.4 Å². The van der Waals surface area contributed by atoms with E-state index in [1.54, 1.807) is 20.8 Å². The number of carboxylic acid groups (broad SMARTS) is 1. The average Bonchev–Trinajstić information content (AvgIpc) is 3.45. The number of urea groups is 1. The maximum absolute atomic E-state index is 13.5. The zero-order chi connectivity index (χ0) is 37.8. The molecule has 5 rings (SSSR count). The highest BCUT2D eigenvalue weighted by molar-refractivity contribution is 5.95. The first kappa shape index (κ1) is 39.0. The third-order valence-corrected chi connectivity index (χ3v) is 9.87. The number of amides is 3. The van der Waals surface area contributed by atoms with Gasteiger partial charge in [-0.3, -0.25) is 9.59 Å². The predicted molar refractivity (Wildman–Crippen MR) is 204 cm³/mol. The first-order valence-electron chi connectivity index (χ1n) is 18.7. The third kappa shape index (κ3) is 11.7. The minimum absolute atomic E-state index is 0.0948. The molecule has 0 unspecified atom stereocenters. The van der Waals surface area contributed by atoms with Gasteiger partial charge in [-0.05, 0) is 106 Å². The number of hydrazone groups is 1. The lowest BCUT2D eigenvalue weighted by Gasteiger charge is -2.26. The average molecular weight is 725 g/mol. The molecule has 2 aliphatic carbocycles. The number of nitrogens with zero attached hydrogens (tertiary/aromatic N) is 1. The van der Waals surface area contributed by atoms with E-state index in [-0.39, 0.29) is 30.8 Å². The SMILES string of the molecule is CC(C)(C)OC(=O)C[C@H](NC(=O)OCC1c2ccccc2-c2ccccc21)C(CCCCc1ccccc1)=NNC(=O)NCC1CCC(C(=O)O)CC1. The van der Waals surface area contributed by atoms with Crippen LogP contribution in [-0.4, -0.2) is 59.7 Å². The Bertz CT molecular complexity index is 1700. The number of rotatable bonds is 15. The van der Waals surface area contributed by atoms with Gasteiger partial charge in [0.25, 0.3) is 0 Å². The number of aliphatic carboxylic acids is 1. The van der Waals surface area contributed by atoms with Crippen LogP contribution in [-0.2, 0) is 25.5 Å². The Kier molecular flexibility index (Phi) is 13.6. The van der Waals surface area contributed by atoms with Gasteiger partial charge in [-0.25, -0.2) is 15.0 Å². The number of aryl methyl sites for hydroxylation is 1. The fourth-order valence-electron chi connectivity index (χ4n) is 7.18. The van der Waals surface area contributed by atoms with Gasteiger partial charge in [0.2, 0.25) is 0 Å². The molecule has 0 bridgehead atoms. The zero-order valence-electron chi connectivity index (χ0n) is 30.9. The van der Waals surface area contributed by atoms with Crippen LogP contribution in [0.4, 0.5) is 9.59 Å². The molecule has 0 heterocycles. The topological polar surface area (TPSA) is 155 Å². The Morgan fingerprint density at radius 3 is 2.09 bits per heavy atom. The summed E-state index contributed by atoms with van der Waals surface area (Å²) in [7, 11) is 0. The molecule has 1 atom stereocenters. The van der Waals surface area contributed by atoms with Crippen molar-refractivity contribution in [1.29, 1.82) is 0 Å². The smallest absolute Gasteiger partial charge is 0.407 e. The lowest BCUT2D eigenvalue weighted by atomic mass is 9.82. The molecular weight excluding hydrogens is 672 g/mol. The van der Waals surface area contributed by atoms with Crippen LogP contribution in [0.3, 0.4) is 0 Å². The van der Waals surface area contributed by atoms with E-state index in [0.29, 0.717) is 37.9 Å². The van der Waals surface area contributed by atoms with Crippen molar-refractivity contribution >= 4 is 29.8 Å². The highest BCUT2D eigenvalue weighted by Crippen LogP contribution is 2.44. The fraction of sp³-hybridized carbons (Fsp3) is 0.452. The van der Waals surface area contributed by atoms with Gasteiger partial charge in [-0.1, -0.05) is 78.9 Å². The van der Waals surface area contributed by atoms with Crippen LogP contribution in [0.2, 0.25) is 0 Å². The fourth-order valence-corrected chi connectivity index (χ4v) is 7.18. The molecular formula is C42H52N4O7. The summed E-state index contributed by atoms with van der Waals surface area (Å²) in [5.74, 6) is -1.60. The standard InChI is InChI=1S/C42H52N4O7/c1-42(2,3)53-38(47)25-37(44-41(51)52-27-35-33-18-10-8-16-31(33)32-17-9-11-19-34(32)35)36(20-12-7-15-28-13-5-4-6-14-28)45-46-40(50)43-26-29-21-23-30(24-22-29)39(48)49/h4-6,8-11,13-14,16-19,29-30,35,37H,7,12,15,20-27H2,1-3H3,(H,44,51)(H,48,49)(H2,43,46,50)/t29?,30?,37-/m0/s1. The van der Waals surface area contributed by atoms with E-state index < -0.39 is 35.7 Å². The Hall–Kier alpha value is -5.19. The lowest BCUT2D eigenvalue weighted by Crippen LogP contribution is -2.45. The number of benzene rings is 3. The number of alkyl carbamates (subject to hydrolysis) is 1. The first-order valence-corrected chi connectivity index (χ1v) is 18.7. The maximum atomic E-state index is 13.5. The second-order valence-corrected chi connectivity index (χ2v) is 15.0. The maximum Gasteiger partial charge on any atom is 0.407 e. The normalized spacial score (nSPS) is 17.5. The number of ether oxygens (including phenoxy) is 2. The van der Waals surface area contributed by atoms with Gasteiger partial charge < -0.3 is 25.2 Å². The van der Waals surface area contributed by atoms with Gasteiger partial charge in [-0.15, -0.1) is 0 Å². The van der Waals surface area contributed by atoms with Gasteiger partial charge in [0.15, 0.2) is 0 Å². The number of nitrogens with one attached hydrogen (secondary N) is 3. The molecule has 0 radical (unpaired) electrons. The summed E-state index contributed by atoms with van der Waals surface area (Å²) in [6.45, 7) is 5.81. The van der Waals surface area contributed by atoms with Crippen molar-refractivity contribution in [2.24, 2.45) is 16.9 Å². The van der Waals surface area contributed by atoms with Crippen LogP contribution >= 0.6 is 0 Å². The van der Waals surface area contributed by atoms with E-state index >= 15 is 0 Å². The van der Waals surface area contributed by atoms with Crippen LogP contribution in [0, 0.1) is 11.8 Å². The highest BCUT2D eigenvalue weighted by Gasteiger charge is 2.31. The molecule has 3 aromatic rings. The number of unbranched alkanes of at least 4 members (excludes halogenated alkanes) is 1. The molecule has 0 spiro atoms. The van der Waals surface area contributed by atoms with Gasteiger partial charge in [0.05, 0.1) is 24.1 Å². The summed E-state index contributed by atoms with van der Waals surface area (Å²) >= 11 is 0. The second-order valence-electron chi connectivity index (χ2n) is 15.0. The lowest BCUT2D eigenvalue weighted by molar-refractivity contribution is -0.155. The number of esters is 1.